The van der Waals surface area contributed by atoms with Gasteiger partial charge >= 0.3 is 0 Å². The van der Waals surface area contributed by atoms with Crippen LogP contribution in [-0.4, -0.2) is 19.6 Å². The normalized spacial score (nSPS) is 10.2. The zero-order valence-corrected chi connectivity index (χ0v) is 10.2. The lowest BCUT2D eigenvalue weighted by molar-refractivity contribution is -0.116. The molecule has 1 N–H and O–H groups in total. The lowest BCUT2D eigenvalue weighted by atomic mass is 10.1. The monoisotopic (exact) mass is 231 g/mol. The summed E-state index contributed by atoms with van der Waals surface area (Å²) in [5, 5.41) is 2.67. The van der Waals surface area contributed by atoms with E-state index in [1.807, 2.05) is 25.1 Å². The smallest absolute Gasteiger partial charge is 0.244 e. The molecule has 1 amide bonds. The van der Waals surface area contributed by atoms with E-state index >= 15 is 0 Å². The molecule has 17 heavy (non-hydrogen) atoms. The Morgan fingerprint density at radius 1 is 1.53 bits per heavy atom. The molecule has 0 spiro atoms. The molecule has 0 aromatic heterocycles. The van der Waals surface area contributed by atoms with E-state index in [9.17, 15) is 4.79 Å². The fourth-order valence-electron chi connectivity index (χ4n) is 1.38. The summed E-state index contributed by atoms with van der Waals surface area (Å²) in [5.41, 5.74) is 2.01. The average molecular weight is 231 g/mol. The number of rotatable bonds is 5. The molecule has 90 valence electrons. The fourth-order valence-corrected chi connectivity index (χ4v) is 1.38. The number of carbonyl (C=O) groups is 1. The van der Waals surface area contributed by atoms with E-state index in [0.29, 0.717) is 6.54 Å². The van der Waals surface area contributed by atoms with Crippen LogP contribution in [0.4, 0.5) is 0 Å². The number of amides is 1. The largest absolute Gasteiger partial charge is 0.496 e. The maximum Gasteiger partial charge on any atom is 0.244 e. The molecule has 1 aromatic carbocycles. The summed E-state index contributed by atoms with van der Waals surface area (Å²) < 4.78 is 5.21. The molecule has 3 heteroatoms. The van der Waals surface area contributed by atoms with Gasteiger partial charge in [-0.15, -0.1) is 6.58 Å². The highest BCUT2D eigenvalue weighted by molar-refractivity contribution is 5.92. The van der Waals surface area contributed by atoms with Gasteiger partial charge in [0.25, 0.3) is 0 Å². The van der Waals surface area contributed by atoms with Gasteiger partial charge in [-0.1, -0.05) is 17.7 Å². The number of methoxy groups -OCH3 is 1. The summed E-state index contributed by atoms with van der Waals surface area (Å²) in [7, 11) is 1.61. The maximum atomic E-state index is 11.4. The second kappa shape index (κ2) is 6.53. The molecule has 0 atom stereocenters. The third kappa shape index (κ3) is 4.15. The molecule has 0 saturated carbocycles. The van der Waals surface area contributed by atoms with Crippen molar-refractivity contribution < 1.29 is 9.53 Å². The standard InChI is InChI=1S/C14H17NO2/c1-4-9-15-14(16)8-6-12-10-11(2)5-7-13(12)17-3/h4-8,10H,1,9H2,2-3H3,(H,15,16)/b8-6+. The van der Waals surface area contributed by atoms with E-state index in [1.165, 1.54) is 6.08 Å². The highest BCUT2D eigenvalue weighted by atomic mass is 16.5. The van der Waals surface area contributed by atoms with E-state index in [-0.39, 0.29) is 5.91 Å². The molecule has 1 rings (SSSR count). The number of hydrogen-bond acceptors (Lipinski definition) is 2. The third-order valence-corrected chi connectivity index (χ3v) is 2.22. The zero-order chi connectivity index (χ0) is 12.7. The second-order valence-corrected chi connectivity index (χ2v) is 3.61. The lowest BCUT2D eigenvalue weighted by Gasteiger charge is -2.05. The number of ether oxygens (including phenoxy) is 1. The first-order valence-electron chi connectivity index (χ1n) is 5.39. The quantitative estimate of drug-likeness (QED) is 0.624. The third-order valence-electron chi connectivity index (χ3n) is 2.22. The van der Waals surface area contributed by atoms with Crippen LogP contribution in [0.15, 0.2) is 36.9 Å². The van der Waals surface area contributed by atoms with Crippen molar-refractivity contribution in [3.05, 3.63) is 48.1 Å². The first-order chi connectivity index (χ1) is 8.17. The highest BCUT2D eigenvalue weighted by Gasteiger charge is 2.00. The first kappa shape index (κ1) is 13.0. The number of aryl methyl sites for hydroxylation is 1. The van der Waals surface area contributed by atoms with E-state index < -0.39 is 0 Å². The van der Waals surface area contributed by atoms with Gasteiger partial charge in [0.2, 0.25) is 5.91 Å². The predicted molar refractivity (Wildman–Crippen MR) is 70.0 cm³/mol. The average Bonchev–Trinajstić information content (AvgIpc) is 2.34. The Morgan fingerprint density at radius 2 is 2.29 bits per heavy atom. The van der Waals surface area contributed by atoms with Gasteiger partial charge in [-0.05, 0) is 25.1 Å². The van der Waals surface area contributed by atoms with Crippen LogP contribution in [-0.2, 0) is 4.79 Å². The van der Waals surface area contributed by atoms with Gasteiger partial charge < -0.3 is 10.1 Å². The topological polar surface area (TPSA) is 38.3 Å². The van der Waals surface area contributed by atoms with Crippen molar-refractivity contribution >= 4 is 12.0 Å². The van der Waals surface area contributed by atoms with Crippen molar-refractivity contribution in [2.45, 2.75) is 6.92 Å². The molecule has 0 aliphatic carbocycles. The number of hydrogen-bond donors (Lipinski definition) is 1. The van der Waals surface area contributed by atoms with Crippen LogP contribution in [0.1, 0.15) is 11.1 Å². The van der Waals surface area contributed by atoms with Gasteiger partial charge in [0.05, 0.1) is 7.11 Å². The van der Waals surface area contributed by atoms with Gasteiger partial charge in [-0.25, -0.2) is 0 Å². The van der Waals surface area contributed by atoms with Gasteiger partial charge in [0.1, 0.15) is 5.75 Å². The van der Waals surface area contributed by atoms with Gasteiger partial charge in [-0.2, -0.15) is 0 Å². The second-order valence-electron chi connectivity index (χ2n) is 3.61. The van der Waals surface area contributed by atoms with Crippen molar-refractivity contribution in [1.29, 1.82) is 0 Å². The van der Waals surface area contributed by atoms with Crippen molar-refractivity contribution in [2.75, 3.05) is 13.7 Å². The molecular formula is C14H17NO2. The lowest BCUT2D eigenvalue weighted by Crippen LogP contribution is -2.20. The Balaban J connectivity index is 2.79. The summed E-state index contributed by atoms with van der Waals surface area (Å²) in [6.45, 7) is 5.99. The molecule has 3 nitrogen and oxygen atoms in total. The molecule has 0 heterocycles. The molecular weight excluding hydrogens is 214 g/mol. The van der Waals surface area contributed by atoms with Crippen molar-refractivity contribution in [1.82, 2.24) is 5.32 Å². The highest BCUT2D eigenvalue weighted by Crippen LogP contribution is 2.20. The van der Waals surface area contributed by atoms with Gasteiger partial charge in [0.15, 0.2) is 0 Å². The van der Waals surface area contributed by atoms with E-state index in [2.05, 4.69) is 11.9 Å². The fraction of sp³-hybridized carbons (Fsp3) is 0.214. The Kier molecular flexibility index (Phi) is 5.01. The molecule has 0 saturated heterocycles. The summed E-state index contributed by atoms with van der Waals surface area (Å²) in [6, 6.07) is 5.82. The zero-order valence-electron chi connectivity index (χ0n) is 10.2. The minimum atomic E-state index is -0.145. The minimum absolute atomic E-state index is 0.145. The van der Waals surface area contributed by atoms with Crippen molar-refractivity contribution in [3.63, 3.8) is 0 Å². The summed E-state index contributed by atoms with van der Waals surface area (Å²) in [5.74, 6) is 0.608. The van der Waals surface area contributed by atoms with E-state index in [4.69, 9.17) is 4.74 Å². The Hall–Kier alpha value is -2.03. The Bertz CT molecular complexity index is 436. The van der Waals surface area contributed by atoms with E-state index in [0.717, 1.165) is 16.9 Å². The van der Waals surface area contributed by atoms with Crippen LogP contribution in [0.5, 0.6) is 5.75 Å². The first-order valence-corrected chi connectivity index (χ1v) is 5.39. The minimum Gasteiger partial charge on any atom is -0.496 e. The maximum absolute atomic E-state index is 11.4. The van der Waals surface area contributed by atoms with Crippen LogP contribution >= 0.6 is 0 Å². The van der Waals surface area contributed by atoms with Crippen molar-refractivity contribution in [2.24, 2.45) is 0 Å². The molecule has 1 aromatic rings. The van der Waals surface area contributed by atoms with Gasteiger partial charge in [-0.3, -0.25) is 4.79 Å². The summed E-state index contributed by atoms with van der Waals surface area (Å²) in [4.78, 5) is 11.4. The summed E-state index contributed by atoms with van der Waals surface area (Å²) in [6.07, 6.45) is 4.87. The molecule has 0 fully saturated rings. The molecule has 0 aliphatic rings. The van der Waals surface area contributed by atoms with Crippen LogP contribution in [0, 0.1) is 6.92 Å². The summed E-state index contributed by atoms with van der Waals surface area (Å²) >= 11 is 0. The number of carbonyl (C=O) groups excluding carboxylic acids is 1. The van der Waals surface area contributed by atoms with E-state index in [1.54, 1.807) is 19.3 Å². The molecule has 0 bridgehead atoms. The molecule has 0 aliphatic heterocycles. The SMILES string of the molecule is C=CCNC(=O)/C=C/c1cc(C)ccc1OC. The van der Waals surface area contributed by atoms with Gasteiger partial charge in [0, 0.05) is 18.2 Å². The number of nitrogens with one attached hydrogen (secondary N) is 1. The number of benzene rings is 1. The van der Waals surface area contributed by atoms with Crippen LogP contribution < -0.4 is 10.1 Å². The Morgan fingerprint density at radius 3 is 2.94 bits per heavy atom. The van der Waals surface area contributed by atoms with Crippen LogP contribution in [0.2, 0.25) is 0 Å². The van der Waals surface area contributed by atoms with Crippen molar-refractivity contribution in [3.8, 4) is 5.75 Å². The predicted octanol–water partition coefficient (Wildman–Crippen LogP) is 2.32. The Labute approximate surface area is 102 Å². The van der Waals surface area contributed by atoms with Crippen LogP contribution in [0.25, 0.3) is 6.08 Å². The van der Waals surface area contributed by atoms with Crippen LogP contribution in [0.3, 0.4) is 0 Å². The molecule has 0 unspecified atom stereocenters. The molecule has 0 radical (unpaired) electrons.